The predicted octanol–water partition coefficient (Wildman–Crippen LogP) is 1.42. The molecular weight excluding hydrogens is 284 g/mol. The van der Waals surface area contributed by atoms with Crippen molar-refractivity contribution in [2.75, 3.05) is 7.11 Å². The number of aromatic nitrogens is 2. The van der Waals surface area contributed by atoms with E-state index in [9.17, 15) is 5.11 Å². The van der Waals surface area contributed by atoms with E-state index in [4.69, 9.17) is 9.57 Å². The second-order valence-electron chi connectivity index (χ2n) is 6.31. The molecule has 0 aromatic carbocycles. The average Bonchev–Trinajstić information content (AvgIpc) is 2.95. The molecule has 1 spiro atoms. The third-order valence-electron chi connectivity index (χ3n) is 4.72. The molecule has 1 aromatic rings. The molecule has 2 N–H and O–H groups in total. The van der Waals surface area contributed by atoms with Crippen LogP contribution in [0.4, 0.5) is 0 Å². The zero-order valence-corrected chi connectivity index (χ0v) is 13.2. The first-order valence-electron chi connectivity index (χ1n) is 7.59. The Balaban J connectivity index is 1.77. The summed E-state index contributed by atoms with van der Waals surface area (Å²) in [5.41, 5.74) is 2.27. The molecule has 0 amide bonds. The summed E-state index contributed by atoms with van der Waals surface area (Å²) in [6.07, 6.45) is 4.15. The van der Waals surface area contributed by atoms with Crippen molar-refractivity contribution >= 4 is 5.84 Å². The van der Waals surface area contributed by atoms with Crippen molar-refractivity contribution in [3.05, 3.63) is 18.1 Å². The van der Waals surface area contributed by atoms with E-state index in [1.807, 2.05) is 13.8 Å². The number of nitrogens with one attached hydrogen (secondary N) is 1. The predicted molar refractivity (Wildman–Crippen MR) is 80.3 cm³/mol. The van der Waals surface area contributed by atoms with Gasteiger partial charge in [0.25, 0.3) is 0 Å². The van der Waals surface area contributed by atoms with E-state index in [0.29, 0.717) is 43.1 Å². The molecule has 22 heavy (non-hydrogen) atoms. The van der Waals surface area contributed by atoms with Crippen LogP contribution in [0.3, 0.4) is 0 Å². The lowest BCUT2D eigenvalue weighted by Crippen LogP contribution is -2.45. The molecule has 1 aliphatic carbocycles. The van der Waals surface area contributed by atoms with Crippen LogP contribution in [-0.2, 0) is 4.84 Å². The van der Waals surface area contributed by atoms with Crippen molar-refractivity contribution in [1.82, 2.24) is 15.4 Å². The number of aliphatic hydroxyl groups is 1. The van der Waals surface area contributed by atoms with Crippen molar-refractivity contribution in [2.24, 2.45) is 10.9 Å². The lowest BCUT2D eigenvalue weighted by molar-refractivity contribution is -0.133. The number of aliphatic imine (C=N–C) groups is 1. The van der Waals surface area contributed by atoms with Crippen LogP contribution in [0.1, 0.15) is 45.2 Å². The summed E-state index contributed by atoms with van der Waals surface area (Å²) in [5, 5.41) is 10.6. The van der Waals surface area contributed by atoms with Gasteiger partial charge in [-0.3, -0.25) is 0 Å². The van der Waals surface area contributed by atoms with E-state index >= 15 is 0 Å². The highest BCUT2D eigenvalue weighted by Gasteiger charge is 2.47. The molecule has 1 aromatic heterocycles. The smallest absolute Gasteiger partial charge is 0.216 e. The second kappa shape index (κ2) is 5.48. The third-order valence-corrected chi connectivity index (χ3v) is 4.72. The molecule has 0 saturated heterocycles. The van der Waals surface area contributed by atoms with Gasteiger partial charge in [-0.15, -0.1) is 0 Å². The van der Waals surface area contributed by atoms with Gasteiger partial charge in [-0.05, 0) is 18.8 Å². The van der Waals surface area contributed by atoms with E-state index in [1.54, 1.807) is 13.2 Å². The van der Waals surface area contributed by atoms with Gasteiger partial charge in [-0.2, -0.15) is 0 Å². The van der Waals surface area contributed by atoms with Crippen molar-refractivity contribution in [2.45, 2.75) is 50.9 Å². The molecular formula is C15H22N4O3. The number of methoxy groups -OCH3 is 1. The van der Waals surface area contributed by atoms with Crippen LogP contribution in [0.5, 0.6) is 5.88 Å². The Labute approximate surface area is 129 Å². The van der Waals surface area contributed by atoms with Crippen molar-refractivity contribution in [3.8, 4) is 5.88 Å². The van der Waals surface area contributed by atoms with Crippen LogP contribution in [0, 0.1) is 5.92 Å². The van der Waals surface area contributed by atoms with Crippen LogP contribution in [0.2, 0.25) is 0 Å². The van der Waals surface area contributed by atoms with Gasteiger partial charge in [0, 0.05) is 18.9 Å². The summed E-state index contributed by atoms with van der Waals surface area (Å²) >= 11 is 0. The fourth-order valence-electron chi connectivity index (χ4n) is 2.95. The maximum Gasteiger partial charge on any atom is 0.216 e. The molecule has 1 fully saturated rings. The first-order valence-corrected chi connectivity index (χ1v) is 7.59. The van der Waals surface area contributed by atoms with E-state index < -0.39 is 11.3 Å². The van der Waals surface area contributed by atoms with E-state index in [1.165, 1.54) is 6.33 Å². The zero-order chi connectivity index (χ0) is 15.8. The van der Waals surface area contributed by atoms with Gasteiger partial charge in [-0.1, -0.05) is 13.8 Å². The lowest BCUT2D eigenvalue weighted by atomic mass is 9.74. The minimum atomic E-state index is -0.620. The monoisotopic (exact) mass is 306 g/mol. The summed E-state index contributed by atoms with van der Waals surface area (Å²) in [6.45, 7) is 4.10. The molecule has 0 bridgehead atoms. The molecule has 2 heterocycles. The Morgan fingerprint density at radius 1 is 1.27 bits per heavy atom. The van der Waals surface area contributed by atoms with Gasteiger partial charge >= 0.3 is 0 Å². The minimum absolute atomic E-state index is 0.230. The summed E-state index contributed by atoms with van der Waals surface area (Å²) in [7, 11) is 1.56. The highest BCUT2D eigenvalue weighted by atomic mass is 16.7. The maximum atomic E-state index is 10.6. The highest BCUT2D eigenvalue weighted by molar-refractivity contribution is 5.97. The molecule has 3 rings (SSSR count). The molecule has 0 unspecified atom stereocenters. The van der Waals surface area contributed by atoms with Crippen molar-refractivity contribution in [3.63, 3.8) is 0 Å². The van der Waals surface area contributed by atoms with Gasteiger partial charge in [0.05, 0.1) is 12.7 Å². The molecule has 2 aliphatic rings. The Bertz CT molecular complexity index is 580. The largest absolute Gasteiger partial charge is 0.481 e. The van der Waals surface area contributed by atoms with Crippen molar-refractivity contribution in [1.29, 1.82) is 0 Å². The van der Waals surface area contributed by atoms with Gasteiger partial charge in [0.1, 0.15) is 12.0 Å². The Morgan fingerprint density at radius 2 is 2.00 bits per heavy atom. The maximum absolute atomic E-state index is 10.6. The van der Waals surface area contributed by atoms with E-state index in [0.717, 1.165) is 0 Å². The average molecular weight is 306 g/mol. The molecule has 7 heteroatoms. The molecule has 120 valence electrons. The Morgan fingerprint density at radius 3 is 2.64 bits per heavy atom. The Hall–Kier alpha value is -1.73. The van der Waals surface area contributed by atoms with Gasteiger partial charge in [-0.25, -0.2) is 25.3 Å². The van der Waals surface area contributed by atoms with Crippen molar-refractivity contribution < 1.29 is 14.7 Å². The summed E-state index contributed by atoms with van der Waals surface area (Å²) in [6, 6.07) is 1.71. The summed E-state index contributed by atoms with van der Waals surface area (Å²) < 4.78 is 5.10. The van der Waals surface area contributed by atoms with Crippen LogP contribution in [-0.4, -0.2) is 39.3 Å². The van der Waals surface area contributed by atoms with Crippen LogP contribution in [0.15, 0.2) is 17.4 Å². The molecule has 0 atom stereocenters. The van der Waals surface area contributed by atoms with Crippen LogP contribution >= 0.6 is 0 Å². The number of nitrogens with zero attached hydrogens (tertiary/aromatic N) is 3. The number of rotatable bonds is 3. The SMILES string of the molecule is COc1cc(C2=NC3(CCC(O)(C(C)C)CC3)ON2)ncn1. The number of ether oxygens (including phenoxy) is 1. The Kier molecular flexibility index (Phi) is 3.78. The number of hydroxylamine groups is 1. The first kappa shape index (κ1) is 15.2. The summed E-state index contributed by atoms with van der Waals surface area (Å²) in [4.78, 5) is 18.6. The first-order chi connectivity index (χ1) is 10.5. The van der Waals surface area contributed by atoms with E-state index in [2.05, 4.69) is 20.4 Å². The lowest BCUT2D eigenvalue weighted by Gasteiger charge is -2.41. The molecule has 1 aliphatic heterocycles. The quantitative estimate of drug-likeness (QED) is 0.878. The molecule has 0 radical (unpaired) electrons. The number of hydrogen-bond acceptors (Lipinski definition) is 7. The van der Waals surface area contributed by atoms with Gasteiger partial charge in [0.15, 0.2) is 11.6 Å². The third kappa shape index (κ3) is 2.66. The highest BCUT2D eigenvalue weighted by Crippen LogP contribution is 2.42. The molecule has 7 nitrogen and oxygen atoms in total. The topological polar surface area (TPSA) is 88.9 Å². The van der Waals surface area contributed by atoms with Gasteiger partial charge in [0.2, 0.25) is 5.88 Å². The number of amidine groups is 1. The molecule has 1 saturated carbocycles. The van der Waals surface area contributed by atoms with E-state index in [-0.39, 0.29) is 5.92 Å². The second-order valence-corrected chi connectivity index (χ2v) is 6.31. The fraction of sp³-hybridized carbons (Fsp3) is 0.667. The summed E-state index contributed by atoms with van der Waals surface area (Å²) in [5.74, 6) is 1.29. The van der Waals surface area contributed by atoms with Gasteiger partial charge < -0.3 is 9.84 Å². The fourth-order valence-corrected chi connectivity index (χ4v) is 2.95. The van der Waals surface area contributed by atoms with Crippen LogP contribution in [0.25, 0.3) is 0 Å². The normalized spacial score (nSPS) is 31.2. The van der Waals surface area contributed by atoms with Crippen LogP contribution < -0.4 is 10.2 Å². The minimum Gasteiger partial charge on any atom is -0.481 e. The number of hydrogen-bond donors (Lipinski definition) is 2. The standard InChI is InChI=1S/C15H22N4O3/c1-10(2)14(20)4-6-15(7-5-14)18-13(19-22-15)11-8-12(21-3)17-9-16-11/h8-10,20H,4-7H2,1-3H3,(H,18,19). The zero-order valence-electron chi connectivity index (χ0n) is 13.2.